The maximum atomic E-state index is 9.60. The van der Waals surface area contributed by atoms with Gasteiger partial charge in [-0.05, 0) is 61.6 Å². The van der Waals surface area contributed by atoms with Crippen LogP contribution in [0.5, 0.6) is 5.75 Å². The summed E-state index contributed by atoms with van der Waals surface area (Å²) in [6, 6.07) is 15.0. The molecular weight excluding hydrogens is 416 g/mol. The van der Waals surface area contributed by atoms with Crippen molar-refractivity contribution in [3.8, 4) is 23.1 Å². The Labute approximate surface area is 208 Å². The van der Waals surface area contributed by atoms with Crippen LogP contribution in [0.15, 0.2) is 36.4 Å². The molecule has 184 valence electrons. The van der Waals surface area contributed by atoms with Crippen molar-refractivity contribution in [3.05, 3.63) is 47.7 Å². The van der Waals surface area contributed by atoms with Gasteiger partial charge < -0.3 is 4.74 Å². The summed E-state index contributed by atoms with van der Waals surface area (Å²) in [5, 5.41) is 9.60. The van der Waals surface area contributed by atoms with E-state index >= 15 is 0 Å². The Morgan fingerprint density at radius 1 is 0.824 bits per heavy atom. The third kappa shape index (κ3) is 8.15. The van der Waals surface area contributed by atoms with Gasteiger partial charge in [-0.25, -0.2) is 4.98 Å². The minimum atomic E-state index is 0.383. The van der Waals surface area contributed by atoms with Crippen LogP contribution in [0.25, 0.3) is 11.3 Å². The summed E-state index contributed by atoms with van der Waals surface area (Å²) in [6.45, 7) is 5.17. The number of hydrogen-bond acceptors (Lipinski definition) is 3. The molecule has 0 atom stereocenters. The van der Waals surface area contributed by atoms with Gasteiger partial charge in [0, 0.05) is 5.56 Å². The maximum Gasteiger partial charge on any atom is 0.183 e. The van der Waals surface area contributed by atoms with E-state index in [0.717, 1.165) is 23.6 Å². The molecule has 3 heteroatoms. The fourth-order valence-corrected chi connectivity index (χ4v) is 5.26. The first-order valence-corrected chi connectivity index (χ1v) is 13.9. The zero-order valence-corrected chi connectivity index (χ0v) is 21.5. The zero-order valence-electron chi connectivity index (χ0n) is 21.5. The molecule has 0 bridgehead atoms. The van der Waals surface area contributed by atoms with Gasteiger partial charge >= 0.3 is 0 Å². The Balaban J connectivity index is 1.51. The van der Waals surface area contributed by atoms with Crippen molar-refractivity contribution >= 4 is 0 Å². The molecule has 1 heterocycles. The van der Waals surface area contributed by atoms with Gasteiger partial charge in [0.2, 0.25) is 0 Å². The van der Waals surface area contributed by atoms with E-state index in [2.05, 4.69) is 49.2 Å². The highest BCUT2D eigenvalue weighted by Gasteiger charge is 2.22. The van der Waals surface area contributed by atoms with Crippen LogP contribution in [0.1, 0.15) is 121 Å². The molecule has 0 spiro atoms. The smallest absolute Gasteiger partial charge is 0.183 e. The van der Waals surface area contributed by atoms with E-state index < -0.39 is 0 Å². The van der Waals surface area contributed by atoms with Gasteiger partial charge in [-0.1, -0.05) is 95.9 Å². The molecule has 0 N–H and O–H groups in total. The first-order valence-electron chi connectivity index (χ1n) is 13.9. The molecule has 1 saturated carbocycles. The second kappa shape index (κ2) is 14.8. The number of benzene rings is 1. The molecule has 0 amide bonds. The van der Waals surface area contributed by atoms with Crippen LogP contribution < -0.4 is 4.74 Å². The molecule has 1 aromatic carbocycles. The number of ether oxygens (including phenoxy) is 1. The Morgan fingerprint density at radius 2 is 1.50 bits per heavy atom. The highest BCUT2D eigenvalue weighted by molar-refractivity contribution is 5.61. The molecule has 0 saturated heterocycles. The zero-order chi connectivity index (χ0) is 24.0. The van der Waals surface area contributed by atoms with Crippen molar-refractivity contribution in [3.63, 3.8) is 0 Å². The molecule has 34 heavy (non-hydrogen) atoms. The van der Waals surface area contributed by atoms with Crippen molar-refractivity contribution in [2.45, 2.75) is 110 Å². The fourth-order valence-electron chi connectivity index (χ4n) is 5.26. The van der Waals surface area contributed by atoms with Crippen molar-refractivity contribution < 1.29 is 4.74 Å². The summed E-state index contributed by atoms with van der Waals surface area (Å²) in [5.41, 5.74) is 3.75. The number of unbranched alkanes of at least 4 members (excludes halogenated alkanes) is 7. The molecular formula is C31H44N2O. The fraction of sp³-hybridized carbons (Fsp3) is 0.613. The Kier molecular flexibility index (Phi) is 11.5. The van der Waals surface area contributed by atoms with Gasteiger partial charge in [0.15, 0.2) is 11.4 Å². The minimum absolute atomic E-state index is 0.383. The largest absolute Gasteiger partial charge is 0.491 e. The van der Waals surface area contributed by atoms with Gasteiger partial charge in [0.25, 0.3) is 0 Å². The van der Waals surface area contributed by atoms with Gasteiger partial charge in [0.1, 0.15) is 6.07 Å². The molecule has 2 aromatic rings. The van der Waals surface area contributed by atoms with Gasteiger partial charge in [-0.2, -0.15) is 5.26 Å². The monoisotopic (exact) mass is 460 g/mol. The quantitative estimate of drug-likeness (QED) is 0.264. The van der Waals surface area contributed by atoms with Crippen molar-refractivity contribution in [2.75, 3.05) is 6.61 Å². The van der Waals surface area contributed by atoms with Crippen LogP contribution in [0.3, 0.4) is 0 Å². The van der Waals surface area contributed by atoms with E-state index in [9.17, 15) is 5.26 Å². The Hall–Kier alpha value is -2.34. The van der Waals surface area contributed by atoms with Crippen LogP contribution in [0, 0.1) is 17.2 Å². The molecule has 3 rings (SSSR count). The summed E-state index contributed by atoms with van der Waals surface area (Å²) in [7, 11) is 0. The number of hydrogen-bond donors (Lipinski definition) is 0. The van der Waals surface area contributed by atoms with Crippen molar-refractivity contribution in [1.82, 2.24) is 4.98 Å². The third-order valence-corrected chi connectivity index (χ3v) is 7.46. The number of nitrogens with zero attached hydrogens (tertiary/aromatic N) is 2. The lowest BCUT2D eigenvalue weighted by atomic mass is 9.77. The molecule has 0 aliphatic heterocycles. The average Bonchev–Trinajstić information content (AvgIpc) is 2.89. The predicted octanol–water partition coefficient (Wildman–Crippen LogP) is 9.21. The molecule has 1 aliphatic carbocycles. The van der Waals surface area contributed by atoms with E-state index in [1.807, 2.05) is 12.1 Å². The highest BCUT2D eigenvalue weighted by atomic mass is 16.5. The Morgan fingerprint density at radius 3 is 2.21 bits per heavy atom. The first-order chi connectivity index (χ1) is 16.7. The first kappa shape index (κ1) is 26.3. The second-order valence-corrected chi connectivity index (χ2v) is 10.1. The number of rotatable bonds is 14. The number of nitriles is 1. The van der Waals surface area contributed by atoms with E-state index in [1.165, 1.54) is 89.0 Å². The average molecular weight is 461 g/mol. The van der Waals surface area contributed by atoms with E-state index in [0.29, 0.717) is 24.0 Å². The number of pyridine rings is 1. The normalized spacial score (nSPS) is 17.9. The lowest BCUT2D eigenvalue weighted by molar-refractivity contribution is 0.302. The lowest BCUT2D eigenvalue weighted by Crippen LogP contribution is -2.13. The van der Waals surface area contributed by atoms with E-state index in [1.54, 1.807) is 0 Å². The molecule has 3 nitrogen and oxygen atoms in total. The van der Waals surface area contributed by atoms with Crippen LogP contribution in [-0.4, -0.2) is 11.6 Å². The summed E-state index contributed by atoms with van der Waals surface area (Å²) < 4.78 is 5.88. The van der Waals surface area contributed by atoms with Crippen LogP contribution >= 0.6 is 0 Å². The molecule has 1 fully saturated rings. The lowest BCUT2D eigenvalue weighted by Gasteiger charge is -2.29. The third-order valence-electron chi connectivity index (χ3n) is 7.46. The summed E-state index contributed by atoms with van der Waals surface area (Å²) >= 11 is 0. The number of aromatic nitrogens is 1. The van der Waals surface area contributed by atoms with Gasteiger partial charge in [0.05, 0.1) is 12.3 Å². The summed E-state index contributed by atoms with van der Waals surface area (Å²) in [4.78, 5) is 4.60. The van der Waals surface area contributed by atoms with E-state index in [-0.39, 0.29) is 0 Å². The van der Waals surface area contributed by atoms with Gasteiger partial charge in [-0.15, -0.1) is 0 Å². The van der Waals surface area contributed by atoms with Crippen molar-refractivity contribution in [1.29, 1.82) is 5.26 Å². The van der Waals surface area contributed by atoms with Gasteiger partial charge in [-0.3, -0.25) is 0 Å². The van der Waals surface area contributed by atoms with Crippen LogP contribution in [0.4, 0.5) is 0 Å². The van der Waals surface area contributed by atoms with Crippen LogP contribution in [0.2, 0.25) is 0 Å². The van der Waals surface area contributed by atoms with Crippen LogP contribution in [-0.2, 0) is 0 Å². The molecule has 0 radical (unpaired) electrons. The standard InChI is InChI=1S/C31H44N2O/c1-3-5-7-8-9-11-23-34-31-22-21-29(33-30(31)24-32)28-19-17-27(18-20-28)26-15-13-25(14-16-26)12-10-6-4-2/h17-22,25-26H,3-16,23H2,1-2H3. The highest BCUT2D eigenvalue weighted by Crippen LogP contribution is 2.38. The molecule has 0 unspecified atom stereocenters. The SMILES string of the molecule is CCCCCCCCOc1ccc(-c2ccc(C3CCC(CCCCC)CC3)cc2)nc1C#N. The molecule has 1 aliphatic rings. The van der Waals surface area contributed by atoms with E-state index in [4.69, 9.17) is 4.74 Å². The predicted molar refractivity (Wildman–Crippen MR) is 142 cm³/mol. The maximum absolute atomic E-state index is 9.60. The molecule has 1 aromatic heterocycles. The summed E-state index contributed by atoms with van der Waals surface area (Å²) in [5.74, 6) is 2.24. The minimum Gasteiger partial charge on any atom is -0.491 e. The topological polar surface area (TPSA) is 45.9 Å². The summed E-state index contributed by atoms with van der Waals surface area (Å²) in [6.07, 6.45) is 18.3. The second-order valence-electron chi connectivity index (χ2n) is 10.1. The Bertz CT molecular complexity index is 875. The van der Waals surface area contributed by atoms with Crippen molar-refractivity contribution in [2.24, 2.45) is 5.92 Å².